The minimum Gasteiger partial charge on any atom is -0.391 e. The van der Waals surface area contributed by atoms with E-state index in [9.17, 15) is 23.1 Å². The third-order valence-corrected chi connectivity index (χ3v) is 8.84. The fourth-order valence-electron chi connectivity index (χ4n) is 4.68. The number of halogens is 1. The van der Waals surface area contributed by atoms with Crippen LogP contribution in [0, 0.1) is 5.41 Å². The summed E-state index contributed by atoms with van der Waals surface area (Å²) in [6, 6.07) is 4.39. The van der Waals surface area contributed by atoms with Crippen molar-refractivity contribution in [1.29, 1.82) is 0 Å². The van der Waals surface area contributed by atoms with Crippen LogP contribution in [0.25, 0.3) is 0 Å². The molecule has 0 bridgehead atoms. The lowest BCUT2D eigenvalue weighted by molar-refractivity contribution is -0.144. The Hall–Kier alpha value is -2.50. The predicted octanol–water partition coefficient (Wildman–Crippen LogP) is 2.34. The van der Waals surface area contributed by atoms with Crippen molar-refractivity contribution >= 4 is 33.3 Å². The Morgan fingerprint density at radius 3 is 2.51 bits per heavy atom. The smallest absolute Gasteiger partial charge is 0.248 e. The zero-order valence-electron chi connectivity index (χ0n) is 21.3. The third kappa shape index (κ3) is 6.50. The monoisotopic (exact) mass is 551 g/mol. The van der Waals surface area contributed by atoms with Crippen LogP contribution in [0.3, 0.4) is 0 Å². The second-order valence-corrected chi connectivity index (χ2v) is 13.5. The molecule has 2 N–H and O–H groups in total. The van der Waals surface area contributed by atoms with Crippen LogP contribution in [0.2, 0.25) is 5.02 Å². The molecule has 0 unspecified atom stereocenters. The number of rotatable bonds is 9. The minimum absolute atomic E-state index is 0.0403. The average molecular weight is 552 g/mol. The number of benzene rings is 1. The number of hydrogen-bond acceptors (Lipinski definition) is 7. The number of amides is 2. The number of aliphatic hydroxyl groups is 1. The number of carbonyl (C=O) groups excluding carboxylic acids is 2. The fourth-order valence-corrected chi connectivity index (χ4v) is 6.11. The molecule has 1 saturated carbocycles. The first-order valence-electron chi connectivity index (χ1n) is 12.5. The fraction of sp³-hybridized carbons (Fsp3) is 0.600. The molecule has 10 nitrogen and oxygen atoms in total. The lowest BCUT2D eigenvalue weighted by Crippen LogP contribution is -2.50. The number of carbonyl (C=O) groups is 2. The maximum atomic E-state index is 13.7. The van der Waals surface area contributed by atoms with Gasteiger partial charge in [0.15, 0.2) is 9.84 Å². The number of sulfone groups is 1. The summed E-state index contributed by atoms with van der Waals surface area (Å²) in [5, 5.41) is 22.0. The molecule has 37 heavy (non-hydrogen) atoms. The zero-order chi connectivity index (χ0) is 27.0. The number of aliphatic hydroxyl groups excluding tert-OH is 1. The van der Waals surface area contributed by atoms with Gasteiger partial charge in [0.2, 0.25) is 11.8 Å². The first kappa shape index (κ1) is 27.5. The van der Waals surface area contributed by atoms with Gasteiger partial charge < -0.3 is 15.3 Å². The highest BCUT2D eigenvalue weighted by molar-refractivity contribution is 7.91. The van der Waals surface area contributed by atoms with Gasteiger partial charge in [-0.3, -0.25) is 9.59 Å². The van der Waals surface area contributed by atoms with Crippen molar-refractivity contribution in [3.63, 3.8) is 0 Å². The van der Waals surface area contributed by atoms with Crippen molar-refractivity contribution in [2.45, 2.75) is 75.5 Å². The molecule has 4 rings (SSSR count). The van der Waals surface area contributed by atoms with Gasteiger partial charge in [-0.15, -0.1) is 5.10 Å². The summed E-state index contributed by atoms with van der Waals surface area (Å²) < 4.78 is 26.6. The van der Waals surface area contributed by atoms with E-state index < -0.39 is 39.3 Å². The van der Waals surface area contributed by atoms with Gasteiger partial charge in [0.05, 0.1) is 22.4 Å². The Labute approximate surface area is 222 Å². The second-order valence-electron chi connectivity index (χ2n) is 11.0. The van der Waals surface area contributed by atoms with Gasteiger partial charge in [0.25, 0.3) is 0 Å². The van der Waals surface area contributed by atoms with Crippen molar-refractivity contribution in [3.8, 4) is 0 Å². The van der Waals surface area contributed by atoms with E-state index in [-0.39, 0.29) is 42.5 Å². The van der Waals surface area contributed by atoms with Gasteiger partial charge in [-0.05, 0) is 48.9 Å². The van der Waals surface area contributed by atoms with Crippen molar-refractivity contribution in [2.24, 2.45) is 5.41 Å². The van der Waals surface area contributed by atoms with Crippen molar-refractivity contribution in [3.05, 3.63) is 41.2 Å². The van der Waals surface area contributed by atoms with Crippen LogP contribution in [0.4, 0.5) is 0 Å². The molecule has 2 fully saturated rings. The molecule has 2 aliphatic rings. The number of hydrogen-bond donors (Lipinski definition) is 2. The number of nitrogens with one attached hydrogen (secondary N) is 1. The zero-order valence-corrected chi connectivity index (χ0v) is 22.9. The molecule has 1 aliphatic heterocycles. The molecule has 1 saturated heterocycles. The van der Waals surface area contributed by atoms with E-state index in [4.69, 9.17) is 11.6 Å². The van der Waals surface area contributed by atoms with E-state index in [1.807, 2.05) is 27.0 Å². The second kappa shape index (κ2) is 10.7. The van der Waals surface area contributed by atoms with Crippen LogP contribution in [0.1, 0.15) is 64.1 Å². The summed E-state index contributed by atoms with van der Waals surface area (Å²) in [5.74, 6) is -0.479. The number of nitrogens with zero attached hydrogens (tertiary/aromatic N) is 4. The predicted molar refractivity (Wildman–Crippen MR) is 138 cm³/mol. The Morgan fingerprint density at radius 1 is 1.22 bits per heavy atom. The molecule has 0 radical (unpaired) electrons. The highest BCUT2D eigenvalue weighted by Gasteiger charge is 2.45. The van der Waals surface area contributed by atoms with E-state index in [1.54, 1.807) is 4.68 Å². The lowest BCUT2D eigenvalue weighted by Gasteiger charge is -2.34. The summed E-state index contributed by atoms with van der Waals surface area (Å²) in [6.45, 7) is 5.94. The molecule has 1 aromatic heterocycles. The van der Waals surface area contributed by atoms with E-state index in [1.165, 1.54) is 29.2 Å². The molecule has 2 aromatic rings. The van der Waals surface area contributed by atoms with Gasteiger partial charge >= 0.3 is 0 Å². The van der Waals surface area contributed by atoms with Crippen molar-refractivity contribution in [2.75, 3.05) is 18.8 Å². The Kier molecular flexibility index (Phi) is 7.96. The highest BCUT2D eigenvalue weighted by Crippen LogP contribution is 2.40. The molecule has 12 heteroatoms. The Bertz CT molecular complexity index is 1240. The summed E-state index contributed by atoms with van der Waals surface area (Å²) in [7, 11) is -3.52. The van der Waals surface area contributed by atoms with E-state index >= 15 is 0 Å². The van der Waals surface area contributed by atoms with Gasteiger partial charge in [-0.1, -0.05) is 37.6 Å². The van der Waals surface area contributed by atoms with Crippen LogP contribution in [0.5, 0.6) is 0 Å². The molecular weight excluding hydrogens is 518 g/mol. The van der Waals surface area contributed by atoms with Crippen LogP contribution in [-0.4, -0.2) is 76.2 Å². The maximum Gasteiger partial charge on any atom is 0.248 e. The maximum absolute atomic E-state index is 13.7. The quantitative estimate of drug-likeness (QED) is 0.457. The van der Waals surface area contributed by atoms with Crippen LogP contribution in [0.15, 0.2) is 35.4 Å². The summed E-state index contributed by atoms with van der Waals surface area (Å²) in [4.78, 5) is 28.4. The van der Waals surface area contributed by atoms with Crippen LogP contribution < -0.4 is 5.32 Å². The number of likely N-dealkylation sites (tertiary alicyclic amines) is 1. The van der Waals surface area contributed by atoms with Gasteiger partial charge in [-0.25, -0.2) is 13.1 Å². The molecule has 2 heterocycles. The number of β-amino-alcohol motifs (C(OH)–C–C–N with tert-alkyl or cyclic N) is 1. The SMILES string of the molecule is CC(C)(C)[C@@H](C(=O)N1C[C@H](O)C[C@H]1C(=O)NCCCS(=O)(=O)c1ccc(Cl)cc1)n1cc(C2CC2)nn1. The average Bonchev–Trinajstić information content (AvgIpc) is 3.43. The van der Waals surface area contributed by atoms with Crippen LogP contribution >= 0.6 is 11.6 Å². The lowest BCUT2D eigenvalue weighted by atomic mass is 9.85. The topological polar surface area (TPSA) is 134 Å². The van der Waals surface area contributed by atoms with Gasteiger partial charge in [0.1, 0.15) is 12.1 Å². The molecule has 1 aliphatic carbocycles. The molecule has 1 aromatic carbocycles. The number of aromatic nitrogens is 3. The highest BCUT2D eigenvalue weighted by atomic mass is 35.5. The normalized spacial score (nSPS) is 21.2. The van der Waals surface area contributed by atoms with E-state index in [0.717, 1.165) is 18.5 Å². The summed E-state index contributed by atoms with van der Waals surface area (Å²) in [6.07, 6.45) is 3.43. The molecular formula is C25H34ClN5O5S. The summed E-state index contributed by atoms with van der Waals surface area (Å²) in [5.41, 5.74) is 0.349. The Balaban J connectivity index is 1.39. The Morgan fingerprint density at radius 2 is 1.89 bits per heavy atom. The van der Waals surface area contributed by atoms with E-state index in [2.05, 4.69) is 15.6 Å². The molecule has 202 valence electrons. The first-order chi connectivity index (χ1) is 17.4. The molecule has 0 spiro atoms. The van der Waals surface area contributed by atoms with Crippen molar-refractivity contribution in [1.82, 2.24) is 25.2 Å². The third-order valence-electron chi connectivity index (χ3n) is 6.77. The minimum atomic E-state index is -3.52. The van der Waals surface area contributed by atoms with E-state index in [0.29, 0.717) is 10.9 Å². The molecule has 3 atom stereocenters. The largest absolute Gasteiger partial charge is 0.391 e. The standard InChI is InChI=1S/C25H34ClN5O5S/c1-25(2,3)22(31-15-20(28-29-31)16-5-6-16)24(34)30-14-18(32)13-21(30)23(33)27-11-4-12-37(35,36)19-9-7-17(26)8-10-19/h7-10,15-16,18,21-22,32H,4-6,11-14H2,1-3H3,(H,27,33)/t18-,21+,22-/m1/s1. The summed E-state index contributed by atoms with van der Waals surface area (Å²) >= 11 is 5.83. The van der Waals surface area contributed by atoms with Crippen molar-refractivity contribution < 1.29 is 23.1 Å². The first-order valence-corrected chi connectivity index (χ1v) is 14.6. The van der Waals surface area contributed by atoms with Gasteiger partial charge in [-0.2, -0.15) is 0 Å². The molecule has 2 amide bonds. The van der Waals surface area contributed by atoms with Crippen LogP contribution in [-0.2, 0) is 19.4 Å². The van der Waals surface area contributed by atoms with Gasteiger partial charge in [0, 0.05) is 36.6 Å².